The molecule has 4 heteroatoms. The zero-order chi connectivity index (χ0) is 13.7. The summed E-state index contributed by atoms with van der Waals surface area (Å²) in [6.45, 7) is 1.78. The second-order valence-electron chi connectivity index (χ2n) is 4.08. The van der Waals surface area contributed by atoms with Crippen molar-refractivity contribution in [1.82, 2.24) is 0 Å². The third-order valence-electron chi connectivity index (χ3n) is 2.62. The van der Waals surface area contributed by atoms with E-state index in [1.807, 2.05) is 24.3 Å². The smallest absolute Gasteiger partial charge is 0.216 e. The maximum absolute atomic E-state index is 9.15. The van der Waals surface area contributed by atoms with Gasteiger partial charge in [0.25, 0.3) is 0 Å². The highest BCUT2D eigenvalue weighted by Gasteiger charge is 2.23. The molecule has 0 amide bonds. The number of hydrogen-bond acceptors (Lipinski definition) is 4. The van der Waals surface area contributed by atoms with Crippen LogP contribution < -0.4 is 4.74 Å². The zero-order valence-corrected chi connectivity index (χ0v) is 10.4. The monoisotopic (exact) mass is 249 g/mol. The lowest BCUT2D eigenvalue weighted by molar-refractivity contribution is 0.151. The predicted molar refractivity (Wildman–Crippen MR) is 71.7 cm³/mol. The second kappa shape index (κ2) is 5.20. The Morgan fingerprint density at radius 3 is 2.74 bits per heavy atom. The van der Waals surface area contributed by atoms with Gasteiger partial charge in [0.2, 0.25) is 5.72 Å². The SMILES string of the molecule is CC1(Oc2cccc(C#N)c2C#N)C=CC=CC=N1. The molecule has 0 bridgehead atoms. The number of allylic oxidation sites excluding steroid dienone is 3. The molecule has 1 atom stereocenters. The highest BCUT2D eigenvalue weighted by Crippen LogP contribution is 2.27. The van der Waals surface area contributed by atoms with Gasteiger partial charge in [-0.1, -0.05) is 18.2 Å². The molecule has 0 spiro atoms. The predicted octanol–water partition coefficient (Wildman–Crippen LogP) is 2.72. The number of aliphatic imine (C=N–C) groups is 1. The lowest BCUT2D eigenvalue weighted by atomic mass is 10.1. The van der Waals surface area contributed by atoms with E-state index in [0.29, 0.717) is 11.3 Å². The van der Waals surface area contributed by atoms with E-state index in [4.69, 9.17) is 15.3 Å². The van der Waals surface area contributed by atoms with E-state index in [9.17, 15) is 0 Å². The molecule has 19 heavy (non-hydrogen) atoms. The summed E-state index contributed by atoms with van der Waals surface area (Å²) < 4.78 is 5.79. The maximum atomic E-state index is 9.15. The third-order valence-corrected chi connectivity index (χ3v) is 2.62. The molecule has 1 aliphatic rings. The topological polar surface area (TPSA) is 69.2 Å². The number of nitrogens with zero attached hydrogens (tertiary/aromatic N) is 3. The van der Waals surface area contributed by atoms with Crippen LogP contribution in [0.25, 0.3) is 0 Å². The lowest BCUT2D eigenvalue weighted by Crippen LogP contribution is -2.27. The Labute approximate surface area is 111 Å². The van der Waals surface area contributed by atoms with Crippen molar-refractivity contribution in [3.63, 3.8) is 0 Å². The largest absolute Gasteiger partial charge is 0.461 e. The van der Waals surface area contributed by atoms with Crippen molar-refractivity contribution in [3.05, 3.63) is 53.6 Å². The highest BCUT2D eigenvalue weighted by molar-refractivity contribution is 5.72. The summed E-state index contributed by atoms with van der Waals surface area (Å²) in [5.74, 6) is 0.354. The van der Waals surface area contributed by atoms with Crippen LogP contribution in [-0.4, -0.2) is 11.9 Å². The van der Waals surface area contributed by atoms with Gasteiger partial charge in [0.1, 0.15) is 23.5 Å². The van der Waals surface area contributed by atoms with Gasteiger partial charge in [-0.2, -0.15) is 10.5 Å². The minimum atomic E-state index is -0.886. The van der Waals surface area contributed by atoms with E-state index in [1.54, 1.807) is 43.5 Å². The molecule has 0 fully saturated rings. The first-order valence-electron chi connectivity index (χ1n) is 5.70. The fourth-order valence-electron chi connectivity index (χ4n) is 1.69. The van der Waals surface area contributed by atoms with E-state index < -0.39 is 5.72 Å². The van der Waals surface area contributed by atoms with E-state index in [1.165, 1.54) is 0 Å². The Balaban J connectivity index is 2.40. The Bertz CT molecular complexity index is 641. The molecule has 1 unspecified atom stereocenters. The van der Waals surface area contributed by atoms with Crippen molar-refractivity contribution in [1.29, 1.82) is 10.5 Å². The van der Waals surface area contributed by atoms with Crippen LogP contribution in [0.15, 0.2) is 47.5 Å². The number of rotatable bonds is 2. The number of hydrogen-bond donors (Lipinski definition) is 0. The van der Waals surface area contributed by atoms with Gasteiger partial charge in [-0.3, -0.25) is 0 Å². The number of nitriles is 2. The van der Waals surface area contributed by atoms with Crippen molar-refractivity contribution in [3.8, 4) is 17.9 Å². The summed E-state index contributed by atoms with van der Waals surface area (Å²) in [6, 6.07) is 8.90. The van der Waals surface area contributed by atoms with E-state index in [2.05, 4.69) is 4.99 Å². The molecular formula is C15H11N3O. The van der Waals surface area contributed by atoms with Crippen LogP contribution in [0.1, 0.15) is 18.1 Å². The summed E-state index contributed by atoms with van der Waals surface area (Å²) in [4.78, 5) is 4.27. The molecule has 1 aliphatic heterocycles. The average Bonchev–Trinajstić information content (AvgIpc) is 2.63. The summed E-state index contributed by atoms with van der Waals surface area (Å²) in [6.07, 6.45) is 8.89. The molecule has 92 valence electrons. The molecule has 1 aromatic rings. The molecule has 0 aromatic heterocycles. The molecule has 4 nitrogen and oxygen atoms in total. The summed E-state index contributed by atoms with van der Waals surface area (Å²) in [7, 11) is 0. The minimum absolute atomic E-state index is 0.229. The number of benzene rings is 1. The zero-order valence-electron chi connectivity index (χ0n) is 10.4. The van der Waals surface area contributed by atoms with Crippen LogP contribution in [0, 0.1) is 22.7 Å². The minimum Gasteiger partial charge on any atom is -0.461 e. The Kier molecular flexibility index (Phi) is 3.45. The van der Waals surface area contributed by atoms with Crippen LogP contribution >= 0.6 is 0 Å². The van der Waals surface area contributed by atoms with Crippen molar-refractivity contribution >= 4 is 6.21 Å². The fraction of sp³-hybridized carbons (Fsp3) is 0.133. The second-order valence-corrected chi connectivity index (χ2v) is 4.08. The van der Waals surface area contributed by atoms with E-state index in [0.717, 1.165) is 0 Å². The van der Waals surface area contributed by atoms with Gasteiger partial charge in [0, 0.05) is 13.1 Å². The fourth-order valence-corrected chi connectivity index (χ4v) is 1.69. The van der Waals surface area contributed by atoms with Gasteiger partial charge in [0.15, 0.2) is 0 Å². The molecule has 0 saturated heterocycles. The van der Waals surface area contributed by atoms with E-state index >= 15 is 0 Å². The van der Waals surface area contributed by atoms with Crippen LogP contribution in [0.5, 0.6) is 5.75 Å². The molecule has 0 aliphatic carbocycles. The van der Waals surface area contributed by atoms with Crippen LogP contribution in [0.2, 0.25) is 0 Å². The molecule has 0 radical (unpaired) electrons. The standard InChI is InChI=1S/C15H11N3O/c1-15(8-3-2-4-9-18-15)19-14-7-5-6-12(10-16)13(14)11-17/h2-9H,1H3. The van der Waals surface area contributed by atoms with Gasteiger partial charge in [0.05, 0.1) is 5.56 Å². The third kappa shape index (κ3) is 2.70. The highest BCUT2D eigenvalue weighted by atomic mass is 16.5. The summed E-state index contributed by atoms with van der Waals surface area (Å²) in [5, 5.41) is 18.1. The molecule has 1 aromatic carbocycles. The van der Waals surface area contributed by atoms with Gasteiger partial charge < -0.3 is 4.74 Å². The normalized spacial score (nSPS) is 20.4. The van der Waals surface area contributed by atoms with Gasteiger partial charge >= 0.3 is 0 Å². The lowest BCUT2D eigenvalue weighted by Gasteiger charge is -2.23. The van der Waals surface area contributed by atoms with Crippen molar-refractivity contribution in [2.24, 2.45) is 4.99 Å². The van der Waals surface area contributed by atoms with E-state index in [-0.39, 0.29) is 5.56 Å². The van der Waals surface area contributed by atoms with Gasteiger partial charge in [-0.25, -0.2) is 4.99 Å². The Hall–Kier alpha value is -2.85. The van der Waals surface area contributed by atoms with Crippen molar-refractivity contribution in [2.45, 2.75) is 12.6 Å². The van der Waals surface area contributed by atoms with Crippen LogP contribution in [-0.2, 0) is 0 Å². The van der Waals surface area contributed by atoms with Crippen LogP contribution in [0.4, 0.5) is 0 Å². The Morgan fingerprint density at radius 1 is 1.16 bits per heavy atom. The Morgan fingerprint density at radius 2 is 2.00 bits per heavy atom. The first kappa shape index (κ1) is 12.6. The first-order chi connectivity index (χ1) is 9.18. The van der Waals surface area contributed by atoms with Crippen molar-refractivity contribution < 1.29 is 4.74 Å². The molecule has 2 rings (SSSR count). The summed E-state index contributed by atoms with van der Waals surface area (Å²) in [5.41, 5.74) is -0.362. The van der Waals surface area contributed by atoms with Gasteiger partial charge in [-0.05, 0) is 24.3 Å². The summed E-state index contributed by atoms with van der Waals surface area (Å²) >= 11 is 0. The molecular weight excluding hydrogens is 238 g/mol. The molecule has 1 heterocycles. The average molecular weight is 249 g/mol. The van der Waals surface area contributed by atoms with Crippen molar-refractivity contribution in [2.75, 3.05) is 0 Å². The van der Waals surface area contributed by atoms with Crippen LogP contribution in [0.3, 0.4) is 0 Å². The maximum Gasteiger partial charge on any atom is 0.216 e. The van der Waals surface area contributed by atoms with Gasteiger partial charge in [-0.15, -0.1) is 0 Å². The molecule has 0 saturated carbocycles. The molecule has 0 N–H and O–H groups in total. The quantitative estimate of drug-likeness (QED) is 0.809. The number of ether oxygens (including phenoxy) is 1. The first-order valence-corrected chi connectivity index (χ1v) is 5.70.